The molecule has 0 atom stereocenters. The third kappa shape index (κ3) is 4.10. The topological polar surface area (TPSA) is 18.5 Å². The molecule has 0 saturated carbocycles. The number of rotatable bonds is 6. The first-order chi connectivity index (χ1) is 5.61. The third-order valence-corrected chi connectivity index (χ3v) is 5.88. The maximum Gasteiger partial charge on any atom is 0.334 e. The maximum atomic E-state index is 5.71. The summed E-state index contributed by atoms with van der Waals surface area (Å²) in [6.45, 7) is 2.01. The Hall–Kier alpha value is 0.717. The van der Waals surface area contributed by atoms with Gasteiger partial charge in [0, 0.05) is 26.0 Å². The Balaban J connectivity index is 3.99. The van der Waals surface area contributed by atoms with Gasteiger partial charge in [0.2, 0.25) is 0 Å². The van der Waals surface area contributed by atoms with Gasteiger partial charge in [-0.2, -0.15) is 0 Å². The molecule has 0 radical (unpaired) electrons. The maximum absolute atomic E-state index is 5.71. The average Bonchev–Trinajstić information content (AvgIpc) is 2.14. The van der Waals surface area contributed by atoms with Crippen LogP contribution in [-0.4, -0.2) is 34.5 Å². The highest BCUT2D eigenvalue weighted by Crippen LogP contribution is 2.20. The van der Waals surface area contributed by atoms with Crippen molar-refractivity contribution in [3.63, 3.8) is 0 Å². The molecule has 0 unspecified atom stereocenters. The van der Waals surface area contributed by atoms with Crippen molar-refractivity contribution < 1.29 is 8.85 Å². The lowest BCUT2D eigenvalue weighted by Gasteiger charge is -2.25. The van der Waals surface area contributed by atoms with Gasteiger partial charge in [-0.3, -0.25) is 0 Å². The molecule has 0 spiro atoms. The molecule has 0 aliphatic rings. The largest absolute Gasteiger partial charge is 0.398 e. The van der Waals surface area contributed by atoms with Crippen LogP contribution in [0.15, 0.2) is 0 Å². The molecule has 12 heavy (non-hydrogen) atoms. The van der Waals surface area contributed by atoms with Crippen LogP contribution in [0.3, 0.4) is 0 Å². The molecule has 5 heteroatoms. The van der Waals surface area contributed by atoms with Crippen LogP contribution in [0.25, 0.3) is 0 Å². The van der Waals surface area contributed by atoms with Gasteiger partial charge >= 0.3 is 8.56 Å². The van der Waals surface area contributed by atoms with E-state index in [9.17, 15) is 0 Å². The molecule has 0 bridgehead atoms. The summed E-state index contributed by atoms with van der Waals surface area (Å²) in [4.78, 5) is 0. The van der Waals surface area contributed by atoms with E-state index in [0.29, 0.717) is 17.7 Å². The summed E-state index contributed by atoms with van der Waals surface area (Å²) in [5.74, 6) is 1.43. The second-order valence-electron chi connectivity index (χ2n) is 2.92. The molecule has 0 N–H and O–H groups in total. The summed E-state index contributed by atoms with van der Waals surface area (Å²) in [5.41, 5.74) is 0. The van der Waals surface area contributed by atoms with E-state index < -0.39 is 8.56 Å². The van der Waals surface area contributed by atoms with Gasteiger partial charge in [0.05, 0.1) is 0 Å². The summed E-state index contributed by atoms with van der Waals surface area (Å²) in [7, 11) is 1.38. The molecule has 0 aliphatic carbocycles. The minimum Gasteiger partial charge on any atom is -0.398 e. The van der Waals surface area contributed by atoms with Crippen molar-refractivity contribution in [3.8, 4) is 0 Å². The van der Waals surface area contributed by atoms with E-state index in [0.717, 1.165) is 6.04 Å². The predicted molar refractivity (Wildman–Crippen MR) is 55.4 cm³/mol. The van der Waals surface area contributed by atoms with Crippen LogP contribution < -0.4 is 0 Å². The van der Waals surface area contributed by atoms with Gasteiger partial charge in [-0.1, -0.05) is 0 Å². The molecule has 0 amide bonds. The zero-order chi connectivity index (χ0) is 9.61. The fourth-order valence-electron chi connectivity index (χ4n) is 0.925. The van der Waals surface area contributed by atoms with E-state index in [4.69, 9.17) is 32.1 Å². The lowest BCUT2D eigenvalue weighted by atomic mass is 10.3. The lowest BCUT2D eigenvalue weighted by Crippen LogP contribution is -2.38. The van der Waals surface area contributed by atoms with Gasteiger partial charge in [-0.25, -0.2) is 0 Å². The van der Waals surface area contributed by atoms with Gasteiger partial charge in [0.25, 0.3) is 0 Å². The first kappa shape index (κ1) is 12.7. The number of hydrogen-bond donors (Lipinski definition) is 0. The Labute approximate surface area is 85.4 Å². The normalized spacial score (nSPS) is 12.5. The van der Waals surface area contributed by atoms with Crippen molar-refractivity contribution in [1.82, 2.24) is 0 Å². The van der Waals surface area contributed by atoms with Crippen LogP contribution in [0, 0.1) is 5.92 Å². The first-order valence-corrected chi connectivity index (χ1v) is 7.43. The smallest absolute Gasteiger partial charge is 0.334 e. The third-order valence-electron chi connectivity index (χ3n) is 1.96. The summed E-state index contributed by atoms with van der Waals surface area (Å²) in [5, 5.41) is 0. The fraction of sp³-hybridized carbons (Fsp3) is 1.00. The van der Waals surface area contributed by atoms with Gasteiger partial charge in [0.1, 0.15) is 0 Å². The second kappa shape index (κ2) is 6.21. The quantitative estimate of drug-likeness (QED) is 0.516. The molecule has 0 fully saturated rings. The molecule has 0 aliphatic heterocycles. The lowest BCUT2D eigenvalue weighted by molar-refractivity contribution is 0.244. The summed E-state index contributed by atoms with van der Waals surface area (Å²) in [6, 6.07) is 0.854. The van der Waals surface area contributed by atoms with Crippen molar-refractivity contribution in [2.24, 2.45) is 5.92 Å². The molecule has 0 aromatic rings. The van der Waals surface area contributed by atoms with Crippen LogP contribution >= 0.6 is 23.2 Å². The minimum atomic E-state index is -1.97. The molecular weight excluding hydrogens is 215 g/mol. The zero-order valence-electron chi connectivity index (χ0n) is 7.77. The average molecular weight is 231 g/mol. The summed E-state index contributed by atoms with van der Waals surface area (Å²) < 4.78 is 10.6. The van der Waals surface area contributed by atoms with Gasteiger partial charge in [-0.15, -0.1) is 23.2 Å². The molecule has 0 rings (SSSR count). The Kier molecular flexibility index (Phi) is 6.58. The molecule has 2 nitrogen and oxygen atoms in total. The molecule has 0 heterocycles. The Morgan fingerprint density at radius 2 is 1.58 bits per heavy atom. The number of hydrogen-bond acceptors (Lipinski definition) is 2. The van der Waals surface area contributed by atoms with Crippen molar-refractivity contribution in [2.45, 2.75) is 12.6 Å². The zero-order valence-corrected chi connectivity index (χ0v) is 10.3. The van der Waals surface area contributed by atoms with E-state index in [2.05, 4.69) is 0 Å². The first-order valence-electron chi connectivity index (χ1n) is 3.84. The predicted octanol–water partition coefficient (Wildman–Crippen LogP) is 2.45. The Morgan fingerprint density at radius 1 is 1.17 bits per heavy atom. The van der Waals surface area contributed by atoms with Crippen molar-refractivity contribution in [1.29, 1.82) is 0 Å². The summed E-state index contributed by atoms with van der Waals surface area (Å²) >= 11 is 11.4. The molecule has 74 valence electrons. The Morgan fingerprint density at radius 3 is 1.83 bits per heavy atom. The van der Waals surface area contributed by atoms with Crippen molar-refractivity contribution in [2.75, 3.05) is 26.0 Å². The number of halogens is 2. The Bertz CT molecular complexity index is 116. The van der Waals surface area contributed by atoms with Crippen LogP contribution in [0.4, 0.5) is 0 Å². The second-order valence-corrected chi connectivity index (χ2v) is 7.03. The van der Waals surface area contributed by atoms with Crippen LogP contribution in [-0.2, 0) is 8.85 Å². The highest BCUT2D eigenvalue weighted by atomic mass is 35.5. The fourth-order valence-corrected chi connectivity index (χ4v) is 3.68. The molecule has 0 aromatic carbocycles. The number of alkyl halides is 2. The van der Waals surface area contributed by atoms with E-state index in [-0.39, 0.29) is 0 Å². The van der Waals surface area contributed by atoms with Crippen molar-refractivity contribution in [3.05, 3.63) is 0 Å². The van der Waals surface area contributed by atoms with E-state index in [1.54, 1.807) is 14.2 Å². The molecule has 0 saturated heterocycles. The SMILES string of the molecule is CO[Si](C)(CC(CCl)CCl)OC. The van der Waals surface area contributed by atoms with Crippen LogP contribution in [0.1, 0.15) is 0 Å². The van der Waals surface area contributed by atoms with Gasteiger partial charge in [-0.05, 0) is 18.5 Å². The highest BCUT2D eigenvalue weighted by molar-refractivity contribution is 6.66. The van der Waals surface area contributed by atoms with E-state index in [1.165, 1.54) is 0 Å². The van der Waals surface area contributed by atoms with Crippen LogP contribution in [0.5, 0.6) is 0 Å². The standard InChI is InChI=1S/C7H16Cl2O2Si/c1-10-12(3,11-2)6-7(4-8)5-9/h7H,4-6H2,1-3H3. The minimum absolute atomic E-state index is 0.296. The molecule has 0 aromatic heterocycles. The van der Waals surface area contributed by atoms with Gasteiger partial charge in [0.15, 0.2) is 0 Å². The van der Waals surface area contributed by atoms with Gasteiger partial charge < -0.3 is 8.85 Å². The van der Waals surface area contributed by atoms with E-state index in [1.807, 2.05) is 6.55 Å². The summed E-state index contributed by atoms with van der Waals surface area (Å²) in [6.07, 6.45) is 0. The molecular formula is C7H16Cl2O2Si. The van der Waals surface area contributed by atoms with E-state index >= 15 is 0 Å². The van der Waals surface area contributed by atoms with Crippen LogP contribution in [0.2, 0.25) is 12.6 Å². The highest BCUT2D eigenvalue weighted by Gasteiger charge is 2.31. The van der Waals surface area contributed by atoms with Crippen molar-refractivity contribution >= 4 is 31.8 Å². The monoisotopic (exact) mass is 230 g/mol.